The van der Waals surface area contributed by atoms with Crippen LogP contribution in [0.25, 0.3) is 11.3 Å². The van der Waals surface area contributed by atoms with E-state index >= 15 is 0 Å². The molecule has 27 heavy (non-hydrogen) atoms. The van der Waals surface area contributed by atoms with Crippen LogP contribution in [0.1, 0.15) is 77.1 Å². The minimum absolute atomic E-state index is 0.630. The van der Waals surface area contributed by atoms with Crippen LogP contribution >= 0.6 is 0 Å². The fourth-order valence-corrected chi connectivity index (χ4v) is 2.91. The monoisotopic (exact) mass is 366 g/mol. The lowest BCUT2D eigenvalue weighted by Gasteiger charge is -2.15. The predicted molar refractivity (Wildman–Crippen MR) is 117 cm³/mol. The molecule has 0 bridgehead atoms. The largest absolute Gasteiger partial charge is 0.492 e. The highest BCUT2D eigenvalue weighted by Crippen LogP contribution is 2.31. The molecule has 0 saturated heterocycles. The maximum Gasteiger partial charge on any atom is 0.141 e. The molecule has 0 aliphatic heterocycles. The smallest absolute Gasteiger partial charge is 0.141 e. The van der Waals surface area contributed by atoms with Gasteiger partial charge in [-0.3, -0.25) is 9.98 Å². The molecule has 0 atom stereocenters. The average Bonchev–Trinajstić information content (AvgIpc) is 3.53. The fourth-order valence-electron chi connectivity index (χ4n) is 2.91. The van der Waals surface area contributed by atoms with Crippen molar-refractivity contribution in [1.29, 1.82) is 0 Å². The highest BCUT2D eigenvalue weighted by Gasteiger charge is 2.24. The Hall–Kier alpha value is -2.16. The van der Waals surface area contributed by atoms with Crippen molar-refractivity contribution in [3.8, 4) is 0 Å². The molecule has 0 radical (unpaired) electrons. The SMILES string of the molecule is CC/C=C\C(=C/N=C(C)C1CC1)c1cc(CC)cnc1/C(=C/CC)OCC. The molecule has 0 unspecified atom stereocenters. The van der Waals surface area contributed by atoms with Gasteiger partial charge in [0, 0.05) is 29.2 Å². The summed E-state index contributed by atoms with van der Waals surface area (Å²) in [6.45, 7) is 11.2. The van der Waals surface area contributed by atoms with Crippen LogP contribution in [-0.2, 0) is 11.2 Å². The number of pyridine rings is 1. The number of aromatic nitrogens is 1. The van der Waals surface area contributed by atoms with E-state index in [9.17, 15) is 0 Å². The Kier molecular flexibility index (Phi) is 8.50. The second kappa shape index (κ2) is 10.9. The van der Waals surface area contributed by atoms with Gasteiger partial charge in [-0.2, -0.15) is 0 Å². The molecule has 3 nitrogen and oxygen atoms in total. The molecule has 0 amide bonds. The van der Waals surface area contributed by atoms with E-state index in [2.05, 4.69) is 52.0 Å². The first-order valence-corrected chi connectivity index (χ1v) is 10.4. The third kappa shape index (κ3) is 6.20. The summed E-state index contributed by atoms with van der Waals surface area (Å²) in [6, 6.07) is 2.23. The van der Waals surface area contributed by atoms with Crippen molar-refractivity contribution >= 4 is 17.0 Å². The summed E-state index contributed by atoms with van der Waals surface area (Å²) in [4.78, 5) is 9.55. The third-order valence-electron chi connectivity index (χ3n) is 4.69. The molecule has 1 aliphatic carbocycles. The molecule has 2 rings (SSSR count). The zero-order valence-electron chi connectivity index (χ0n) is 17.6. The van der Waals surface area contributed by atoms with E-state index in [1.807, 2.05) is 19.3 Å². The summed E-state index contributed by atoms with van der Waals surface area (Å²) in [6.07, 6.45) is 15.8. The van der Waals surface area contributed by atoms with Crippen LogP contribution < -0.4 is 0 Å². The first kappa shape index (κ1) is 21.1. The standard InChI is InChI=1S/C24H34N2O/c1-6-10-12-21(17-25-18(5)20-13-14-20)22-15-19(8-3)16-26-24(22)23(11-7-2)27-9-4/h10-12,15-17,20H,6-9,13-14H2,1-5H3/b12-10-,21-17+,23-11-,25-18?. The summed E-state index contributed by atoms with van der Waals surface area (Å²) in [5.41, 5.74) is 5.55. The van der Waals surface area contributed by atoms with Gasteiger partial charge >= 0.3 is 0 Å². The minimum Gasteiger partial charge on any atom is -0.492 e. The summed E-state index contributed by atoms with van der Waals surface area (Å²) in [5, 5.41) is 0. The number of rotatable bonds is 10. The van der Waals surface area contributed by atoms with E-state index in [1.165, 1.54) is 24.1 Å². The molecule has 1 saturated carbocycles. The van der Waals surface area contributed by atoms with Gasteiger partial charge in [0.15, 0.2) is 0 Å². The number of nitrogens with zero attached hydrogens (tertiary/aromatic N) is 2. The number of ether oxygens (including phenoxy) is 1. The van der Waals surface area contributed by atoms with Gasteiger partial charge in [0.2, 0.25) is 0 Å². The van der Waals surface area contributed by atoms with Gasteiger partial charge in [-0.1, -0.05) is 32.9 Å². The van der Waals surface area contributed by atoms with E-state index in [4.69, 9.17) is 14.7 Å². The second-order valence-corrected chi connectivity index (χ2v) is 6.94. The highest BCUT2D eigenvalue weighted by molar-refractivity contribution is 5.88. The Balaban J connectivity index is 2.57. The lowest BCUT2D eigenvalue weighted by molar-refractivity contribution is 0.295. The Morgan fingerprint density at radius 3 is 2.59 bits per heavy atom. The fraction of sp³-hybridized carbons (Fsp3) is 0.500. The molecule has 0 spiro atoms. The van der Waals surface area contributed by atoms with Crippen molar-refractivity contribution in [3.05, 3.63) is 53.5 Å². The van der Waals surface area contributed by atoms with Crippen LogP contribution in [0.2, 0.25) is 0 Å². The predicted octanol–water partition coefficient (Wildman–Crippen LogP) is 6.61. The normalized spacial score (nSPS) is 16.3. The van der Waals surface area contributed by atoms with Gasteiger partial charge in [0.25, 0.3) is 0 Å². The van der Waals surface area contributed by atoms with E-state index < -0.39 is 0 Å². The molecule has 3 heteroatoms. The van der Waals surface area contributed by atoms with Crippen molar-refractivity contribution in [2.24, 2.45) is 10.9 Å². The summed E-state index contributed by atoms with van der Waals surface area (Å²) < 4.78 is 5.92. The van der Waals surface area contributed by atoms with Crippen LogP contribution in [0.15, 0.2) is 41.7 Å². The van der Waals surface area contributed by atoms with Crippen LogP contribution in [0.3, 0.4) is 0 Å². The first-order valence-electron chi connectivity index (χ1n) is 10.4. The van der Waals surface area contributed by atoms with Gasteiger partial charge in [-0.15, -0.1) is 0 Å². The van der Waals surface area contributed by atoms with Crippen molar-refractivity contribution in [2.75, 3.05) is 6.61 Å². The molecule has 1 aliphatic rings. The summed E-state index contributed by atoms with van der Waals surface area (Å²) in [7, 11) is 0. The van der Waals surface area contributed by atoms with Crippen LogP contribution in [0.5, 0.6) is 0 Å². The van der Waals surface area contributed by atoms with Crippen LogP contribution in [-0.4, -0.2) is 17.3 Å². The summed E-state index contributed by atoms with van der Waals surface area (Å²) in [5.74, 6) is 1.53. The molecule has 1 heterocycles. The summed E-state index contributed by atoms with van der Waals surface area (Å²) >= 11 is 0. The maximum atomic E-state index is 5.92. The van der Waals surface area contributed by atoms with Gasteiger partial charge < -0.3 is 4.74 Å². The third-order valence-corrected chi connectivity index (χ3v) is 4.69. The number of allylic oxidation sites excluding steroid dienone is 4. The van der Waals surface area contributed by atoms with Gasteiger partial charge in [-0.05, 0) is 69.6 Å². The van der Waals surface area contributed by atoms with Crippen LogP contribution in [0.4, 0.5) is 0 Å². The van der Waals surface area contributed by atoms with Gasteiger partial charge in [-0.25, -0.2) is 0 Å². The average molecular weight is 367 g/mol. The van der Waals surface area contributed by atoms with Crippen molar-refractivity contribution in [1.82, 2.24) is 4.98 Å². The number of aryl methyl sites for hydroxylation is 1. The maximum absolute atomic E-state index is 5.92. The highest BCUT2D eigenvalue weighted by atomic mass is 16.5. The lowest BCUT2D eigenvalue weighted by Crippen LogP contribution is -2.02. The first-order chi connectivity index (χ1) is 13.1. The molecular formula is C24H34N2O. The van der Waals surface area contributed by atoms with Gasteiger partial charge in [0.05, 0.1) is 6.61 Å². The Morgan fingerprint density at radius 1 is 1.22 bits per heavy atom. The Morgan fingerprint density at radius 2 is 2.00 bits per heavy atom. The lowest BCUT2D eigenvalue weighted by atomic mass is 9.99. The zero-order chi connectivity index (χ0) is 19.6. The Bertz CT molecular complexity index is 737. The number of aliphatic imine (C=N–C) groups is 1. The number of hydrogen-bond donors (Lipinski definition) is 0. The quantitative estimate of drug-likeness (QED) is 0.265. The van der Waals surface area contributed by atoms with Crippen molar-refractivity contribution in [2.45, 2.75) is 66.7 Å². The Labute approximate surface area is 165 Å². The van der Waals surface area contributed by atoms with E-state index in [-0.39, 0.29) is 0 Å². The molecule has 1 aromatic heterocycles. The van der Waals surface area contributed by atoms with Gasteiger partial charge in [0.1, 0.15) is 11.5 Å². The molecule has 0 aromatic carbocycles. The van der Waals surface area contributed by atoms with E-state index in [1.54, 1.807) is 0 Å². The van der Waals surface area contributed by atoms with Crippen molar-refractivity contribution in [3.63, 3.8) is 0 Å². The zero-order valence-corrected chi connectivity index (χ0v) is 17.6. The minimum atomic E-state index is 0.630. The van der Waals surface area contributed by atoms with Crippen molar-refractivity contribution < 1.29 is 4.74 Å². The molecule has 146 valence electrons. The van der Waals surface area contributed by atoms with E-state index in [0.29, 0.717) is 12.5 Å². The molecule has 1 fully saturated rings. The molecule has 0 N–H and O–H groups in total. The number of hydrogen-bond acceptors (Lipinski definition) is 3. The second-order valence-electron chi connectivity index (χ2n) is 6.94. The topological polar surface area (TPSA) is 34.5 Å². The van der Waals surface area contributed by atoms with Crippen LogP contribution in [0, 0.1) is 5.92 Å². The molecule has 1 aromatic rings. The van der Waals surface area contributed by atoms with E-state index in [0.717, 1.165) is 41.9 Å². The molecular weight excluding hydrogens is 332 g/mol.